The fourth-order valence-electron chi connectivity index (χ4n) is 1.40. The maximum Gasteiger partial charge on any atom is 0.0714 e. The quantitative estimate of drug-likeness (QED) is 0.541. The van der Waals surface area contributed by atoms with Crippen molar-refractivity contribution in [3.05, 3.63) is 0 Å². The molecule has 0 spiro atoms. The van der Waals surface area contributed by atoms with Crippen LogP contribution in [0.5, 0.6) is 0 Å². The number of hydrogen-bond acceptors (Lipinski definition) is 4. The first-order valence-corrected chi connectivity index (χ1v) is 6.19. The van der Waals surface area contributed by atoms with E-state index in [0.717, 1.165) is 13.1 Å². The van der Waals surface area contributed by atoms with Gasteiger partial charge in [-0.15, -0.1) is 11.7 Å². The fourth-order valence-corrected chi connectivity index (χ4v) is 2.05. The van der Waals surface area contributed by atoms with Crippen molar-refractivity contribution >= 4 is 22.5 Å². The van der Waals surface area contributed by atoms with Crippen LogP contribution in [-0.4, -0.2) is 47.9 Å². The highest BCUT2D eigenvalue weighted by molar-refractivity contribution is 8.69. The van der Waals surface area contributed by atoms with Gasteiger partial charge in [0, 0.05) is 26.2 Å². The van der Waals surface area contributed by atoms with E-state index in [2.05, 4.69) is 42.4 Å². The molecule has 0 aromatic carbocycles. The normalized spacial score (nSPS) is 23.0. The Hall–Kier alpha value is 0.620. The van der Waals surface area contributed by atoms with Crippen LogP contribution in [0.2, 0.25) is 0 Å². The third kappa shape index (κ3) is 2.55. The van der Waals surface area contributed by atoms with Crippen LogP contribution >= 0.6 is 22.5 Å². The summed E-state index contributed by atoms with van der Waals surface area (Å²) >= 11 is 4.30. The van der Waals surface area contributed by atoms with Crippen molar-refractivity contribution in [3.63, 3.8) is 0 Å². The van der Waals surface area contributed by atoms with Crippen LogP contribution in [0.15, 0.2) is 0 Å². The number of thiol groups is 1. The SMILES string of the molecule is CN1CCN(C(C)(C)SS)CC1. The van der Waals surface area contributed by atoms with Gasteiger partial charge in [0.2, 0.25) is 0 Å². The molecule has 0 aromatic heterocycles. The second-order valence-corrected chi connectivity index (χ2v) is 5.56. The smallest absolute Gasteiger partial charge is 0.0714 e. The van der Waals surface area contributed by atoms with E-state index >= 15 is 0 Å². The van der Waals surface area contributed by atoms with Gasteiger partial charge in [0.1, 0.15) is 0 Å². The van der Waals surface area contributed by atoms with Crippen LogP contribution in [0.1, 0.15) is 13.8 Å². The monoisotopic (exact) mass is 206 g/mol. The fraction of sp³-hybridized carbons (Fsp3) is 1.00. The van der Waals surface area contributed by atoms with Gasteiger partial charge in [0.05, 0.1) is 4.87 Å². The molecule has 0 unspecified atom stereocenters. The Balaban J connectivity index is 2.44. The molecule has 1 saturated heterocycles. The molecule has 1 rings (SSSR count). The first-order valence-electron chi connectivity index (χ1n) is 4.32. The lowest BCUT2D eigenvalue weighted by molar-refractivity contribution is 0.111. The van der Waals surface area contributed by atoms with Gasteiger partial charge < -0.3 is 4.90 Å². The third-order valence-electron chi connectivity index (χ3n) is 2.49. The Kier molecular flexibility index (Phi) is 3.76. The predicted octanol–water partition coefficient (Wildman–Crippen LogP) is 1.55. The van der Waals surface area contributed by atoms with Crippen molar-refractivity contribution < 1.29 is 0 Å². The summed E-state index contributed by atoms with van der Waals surface area (Å²) < 4.78 is 0. The first-order chi connectivity index (χ1) is 5.56. The Morgan fingerprint density at radius 3 is 2.08 bits per heavy atom. The number of piperazine rings is 1. The molecule has 4 heteroatoms. The van der Waals surface area contributed by atoms with E-state index in [9.17, 15) is 0 Å². The lowest BCUT2D eigenvalue weighted by atomic mass is 10.2. The van der Waals surface area contributed by atoms with E-state index in [1.54, 1.807) is 10.8 Å². The zero-order valence-corrected chi connectivity index (χ0v) is 9.79. The van der Waals surface area contributed by atoms with E-state index in [1.807, 2.05) is 0 Å². The van der Waals surface area contributed by atoms with Crippen molar-refractivity contribution in [2.75, 3.05) is 33.2 Å². The van der Waals surface area contributed by atoms with Gasteiger partial charge in [-0.05, 0) is 20.9 Å². The summed E-state index contributed by atoms with van der Waals surface area (Å²) in [6.45, 7) is 9.15. The molecule has 1 aliphatic rings. The molecule has 0 amide bonds. The highest BCUT2D eigenvalue weighted by Gasteiger charge is 2.28. The van der Waals surface area contributed by atoms with Crippen LogP contribution in [0.3, 0.4) is 0 Å². The number of rotatable bonds is 2. The maximum absolute atomic E-state index is 4.30. The van der Waals surface area contributed by atoms with Crippen molar-refractivity contribution in [2.24, 2.45) is 0 Å². The number of likely N-dealkylation sites (N-methyl/N-ethyl adjacent to an activating group) is 1. The molecule has 1 heterocycles. The van der Waals surface area contributed by atoms with E-state index < -0.39 is 0 Å². The van der Waals surface area contributed by atoms with Crippen molar-refractivity contribution in [1.29, 1.82) is 0 Å². The zero-order chi connectivity index (χ0) is 9.19. The van der Waals surface area contributed by atoms with Gasteiger partial charge in [-0.25, -0.2) is 0 Å². The van der Waals surface area contributed by atoms with Crippen LogP contribution in [-0.2, 0) is 0 Å². The Bertz CT molecular complexity index is 142. The predicted molar refractivity (Wildman–Crippen MR) is 59.7 cm³/mol. The molecular formula is C8H18N2S2. The minimum absolute atomic E-state index is 0.185. The Morgan fingerprint density at radius 1 is 1.17 bits per heavy atom. The first kappa shape index (κ1) is 10.7. The van der Waals surface area contributed by atoms with Gasteiger partial charge in [0.15, 0.2) is 0 Å². The average Bonchev–Trinajstić information content (AvgIpc) is 2.05. The van der Waals surface area contributed by atoms with Crippen LogP contribution in [0, 0.1) is 0 Å². The minimum Gasteiger partial charge on any atom is -0.304 e. The molecular weight excluding hydrogens is 188 g/mol. The van der Waals surface area contributed by atoms with E-state index in [1.165, 1.54) is 13.1 Å². The molecule has 0 bridgehead atoms. The topological polar surface area (TPSA) is 6.48 Å². The summed E-state index contributed by atoms with van der Waals surface area (Å²) in [4.78, 5) is 5.05. The summed E-state index contributed by atoms with van der Waals surface area (Å²) in [6.07, 6.45) is 0. The van der Waals surface area contributed by atoms with Crippen molar-refractivity contribution in [1.82, 2.24) is 9.80 Å². The molecule has 1 aliphatic heterocycles. The summed E-state index contributed by atoms with van der Waals surface area (Å²) in [6, 6.07) is 0. The molecule has 0 aliphatic carbocycles. The molecule has 2 nitrogen and oxygen atoms in total. The molecule has 0 aromatic rings. The number of hydrogen-bond donors (Lipinski definition) is 1. The van der Waals surface area contributed by atoms with Gasteiger partial charge >= 0.3 is 0 Å². The highest BCUT2D eigenvalue weighted by atomic mass is 33.1. The third-order valence-corrected chi connectivity index (χ3v) is 4.53. The Labute approximate surface area is 84.5 Å². The lowest BCUT2D eigenvalue weighted by Gasteiger charge is -2.41. The summed E-state index contributed by atoms with van der Waals surface area (Å²) in [5, 5.41) is 0. The largest absolute Gasteiger partial charge is 0.304 e. The molecule has 0 N–H and O–H groups in total. The molecule has 72 valence electrons. The van der Waals surface area contributed by atoms with Crippen LogP contribution in [0.25, 0.3) is 0 Å². The molecule has 0 saturated carbocycles. The average molecular weight is 206 g/mol. The van der Waals surface area contributed by atoms with Gasteiger partial charge in [-0.1, -0.05) is 10.8 Å². The van der Waals surface area contributed by atoms with Gasteiger partial charge in [-0.2, -0.15) is 0 Å². The summed E-state index contributed by atoms with van der Waals surface area (Å²) in [5.74, 6) is 0. The number of nitrogens with zero attached hydrogens (tertiary/aromatic N) is 2. The summed E-state index contributed by atoms with van der Waals surface area (Å²) in [7, 11) is 3.82. The van der Waals surface area contributed by atoms with Crippen molar-refractivity contribution in [3.8, 4) is 0 Å². The van der Waals surface area contributed by atoms with E-state index in [4.69, 9.17) is 0 Å². The second kappa shape index (κ2) is 4.22. The minimum atomic E-state index is 0.185. The Morgan fingerprint density at radius 2 is 1.67 bits per heavy atom. The standard InChI is InChI=1S/C8H18N2S2/c1-8(2,12-11)10-6-4-9(3)5-7-10/h11H,4-7H2,1-3H3. The lowest BCUT2D eigenvalue weighted by Crippen LogP contribution is -2.51. The zero-order valence-electron chi connectivity index (χ0n) is 8.08. The maximum atomic E-state index is 4.30. The van der Waals surface area contributed by atoms with Gasteiger partial charge in [0.25, 0.3) is 0 Å². The summed E-state index contributed by atoms with van der Waals surface area (Å²) in [5.41, 5.74) is 0. The van der Waals surface area contributed by atoms with Crippen molar-refractivity contribution in [2.45, 2.75) is 18.7 Å². The van der Waals surface area contributed by atoms with Crippen LogP contribution < -0.4 is 0 Å². The van der Waals surface area contributed by atoms with E-state index in [0.29, 0.717) is 0 Å². The van der Waals surface area contributed by atoms with E-state index in [-0.39, 0.29) is 4.87 Å². The molecule has 1 fully saturated rings. The molecule has 0 radical (unpaired) electrons. The molecule has 12 heavy (non-hydrogen) atoms. The molecule has 0 atom stereocenters. The van der Waals surface area contributed by atoms with Crippen LogP contribution in [0.4, 0.5) is 0 Å². The highest BCUT2D eigenvalue weighted by Crippen LogP contribution is 2.31. The van der Waals surface area contributed by atoms with Gasteiger partial charge in [-0.3, -0.25) is 4.90 Å². The second-order valence-electron chi connectivity index (χ2n) is 3.83.